The zero-order chi connectivity index (χ0) is 22.2. The van der Waals surface area contributed by atoms with E-state index in [1.165, 1.54) is 0 Å². The van der Waals surface area contributed by atoms with Crippen molar-refractivity contribution in [1.29, 1.82) is 0 Å². The quantitative estimate of drug-likeness (QED) is 0.389. The molecule has 168 valence electrons. The largest absolute Gasteiger partial charge is 0.361 e. The molecule has 9 nitrogen and oxygen atoms in total. The van der Waals surface area contributed by atoms with Crippen molar-refractivity contribution >= 4 is 57.2 Å². The monoisotopic (exact) mass is 473 g/mol. The summed E-state index contributed by atoms with van der Waals surface area (Å²) in [5, 5.41) is 7.77. The number of imidazole rings is 2. The summed E-state index contributed by atoms with van der Waals surface area (Å²) in [4.78, 5) is 24.5. The summed E-state index contributed by atoms with van der Waals surface area (Å²) in [5.74, 6) is 2.17. The van der Waals surface area contributed by atoms with Gasteiger partial charge in [-0.25, -0.2) is 9.97 Å². The fourth-order valence-electron chi connectivity index (χ4n) is 3.86. The molecule has 11 heteroatoms. The van der Waals surface area contributed by atoms with E-state index < -0.39 is 0 Å². The number of H-pyrrole nitrogens is 1. The lowest BCUT2D eigenvalue weighted by molar-refractivity contribution is 0.540. The van der Waals surface area contributed by atoms with Crippen molar-refractivity contribution in [3.63, 3.8) is 0 Å². The van der Waals surface area contributed by atoms with Gasteiger partial charge in [-0.15, -0.1) is 0 Å². The van der Waals surface area contributed by atoms with Crippen LogP contribution in [0.1, 0.15) is 32.1 Å². The summed E-state index contributed by atoms with van der Waals surface area (Å²) >= 11 is 12.3. The van der Waals surface area contributed by atoms with Crippen molar-refractivity contribution in [2.45, 2.75) is 32.9 Å². The van der Waals surface area contributed by atoms with E-state index in [2.05, 4.69) is 48.9 Å². The van der Waals surface area contributed by atoms with Crippen LogP contribution in [0.25, 0.3) is 22.2 Å². The van der Waals surface area contributed by atoms with Crippen LogP contribution in [0, 0.1) is 0 Å². The van der Waals surface area contributed by atoms with Crippen molar-refractivity contribution < 1.29 is 0 Å². The first-order valence-corrected chi connectivity index (χ1v) is 11.6. The molecule has 1 atom stereocenters. The van der Waals surface area contributed by atoms with Gasteiger partial charge in [-0.3, -0.25) is 0 Å². The van der Waals surface area contributed by atoms with E-state index in [-0.39, 0.29) is 0 Å². The highest BCUT2D eigenvalue weighted by atomic mass is 35.5. The standard InChI is InChI=1S/C21H25Cl2N9/c1-3-12(2)32-11-26-18-19(29-21(30-20(18)32)31-6-4-24-5-7-31)25-10-17-27-15-8-13(22)14(23)9-16(15)28-17/h8-9,11-12,24H,3-7,10H2,1-2H3,(H,27,28)(H,25,29,30). The Hall–Kier alpha value is -2.62. The molecule has 0 amide bonds. The van der Waals surface area contributed by atoms with Crippen molar-refractivity contribution in [3.8, 4) is 0 Å². The highest BCUT2D eigenvalue weighted by molar-refractivity contribution is 6.42. The Morgan fingerprint density at radius 2 is 1.91 bits per heavy atom. The summed E-state index contributed by atoms with van der Waals surface area (Å²) < 4.78 is 2.12. The number of hydrogen-bond donors (Lipinski definition) is 3. The molecule has 1 unspecified atom stereocenters. The highest BCUT2D eigenvalue weighted by Gasteiger charge is 2.20. The fourth-order valence-corrected chi connectivity index (χ4v) is 4.18. The smallest absolute Gasteiger partial charge is 0.229 e. The molecular formula is C21H25Cl2N9. The maximum atomic E-state index is 6.13. The van der Waals surface area contributed by atoms with Gasteiger partial charge in [-0.2, -0.15) is 9.97 Å². The van der Waals surface area contributed by atoms with Crippen LogP contribution >= 0.6 is 23.2 Å². The Balaban J connectivity index is 1.49. The number of aromatic amines is 1. The summed E-state index contributed by atoms with van der Waals surface area (Å²) in [5.41, 5.74) is 3.21. The summed E-state index contributed by atoms with van der Waals surface area (Å²) in [6.45, 7) is 8.35. The molecule has 4 heterocycles. The van der Waals surface area contributed by atoms with Gasteiger partial charge in [0.15, 0.2) is 17.0 Å². The SMILES string of the molecule is CCC(C)n1cnc2c(NCc3nc4cc(Cl)c(Cl)cc4[nH]3)nc(N3CCNCC3)nc21. The number of nitrogens with zero attached hydrogens (tertiary/aromatic N) is 6. The van der Waals surface area contributed by atoms with E-state index in [0.717, 1.165) is 66.6 Å². The van der Waals surface area contributed by atoms with Gasteiger partial charge in [0.25, 0.3) is 0 Å². The summed E-state index contributed by atoms with van der Waals surface area (Å²) in [7, 11) is 0. The first-order valence-electron chi connectivity index (χ1n) is 10.8. The molecule has 5 rings (SSSR count). The minimum Gasteiger partial charge on any atom is -0.361 e. The second kappa shape index (κ2) is 8.73. The van der Waals surface area contributed by atoms with E-state index in [9.17, 15) is 0 Å². The number of nitrogens with one attached hydrogen (secondary N) is 3. The van der Waals surface area contributed by atoms with E-state index in [4.69, 9.17) is 33.2 Å². The number of aromatic nitrogens is 6. The van der Waals surface area contributed by atoms with E-state index in [0.29, 0.717) is 28.4 Å². The Kier molecular flexibility index (Phi) is 5.79. The van der Waals surface area contributed by atoms with Crippen LogP contribution in [0.3, 0.4) is 0 Å². The molecule has 3 aromatic heterocycles. The Morgan fingerprint density at radius 1 is 1.12 bits per heavy atom. The van der Waals surface area contributed by atoms with Crippen molar-refractivity contribution in [3.05, 3.63) is 34.3 Å². The third-order valence-corrected chi connectivity index (χ3v) is 6.59. The van der Waals surface area contributed by atoms with Crippen LogP contribution < -0.4 is 15.5 Å². The van der Waals surface area contributed by atoms with Crippen LogP contribution in [0.5, 0.6) is 0 Å². The minimum atomic E-state index is 0.295. The molecule has 1 aliphatic rings. The van der Waals surface area contributed by atoms with Gasteiger partial charge in [0.2, 0.25) is 5.95 Å². The lowest BCUT2D eigenvalue weighted by atomic mass is 10.2. The molecular weight excluding hydrogens is 449 g/mol. The number of fused-ring (bicyclic) bond motifs is 2. The van der Waals surface area contributed by atoms with E-state index >= 15 is 0 Å². The van der Waals surface area contributed by atoms with E-state index in [1.807, 2.05) is 6.33 Å². The maximum Gasteiger partial charge on any atom is 0.229 e. The second-order valence-electron chi connectivity index (χ2n) is 8.01. The molecule has 4 aromatic rings. The van der Waals surface area contributed by atoms with Gasteiger partial charge in [-0.05, 0) is 25.5 Å². The van der Waals surface area contributed by atoms with Crippen LogP contribution in [0.15, 0.2) is 18.5 Å². The van der Waals surface area contributed by atoms with E-state index in [1.54, 1.807) is 12.1 Å². The molecule has 3 N–H and O–H groups in total. The van der Waals surface area contributed by atoms with Crippen LogP contribution in [0.4, 0.5) is 11.8 Å². The number of anilines is 2. The third kappa shape index (κ3) is 3.96. The molecule has 0 radical (unpaired) electrons. The molecule has 1 fully saturated rings. The Labute approximate surface area is 195 Å². The normalized spacial score (nSPS) is 15.6. The first-order chi connectivity index (χ1) is 15.5. The third-order valence-electron chi connectivity index (χ3n) is 5.87. The predicted molar refractivity (Wildman–Crippen MR) is 129 cm³/mol. The molecule has 32 heavy (non-hydrogen) atoms. The van der Waals surface area contributed by atoms with Crippen LogP contribution in [0.2, 0.25) is 10.0 Å². The molecule has 0 aliphatic carbocycles. The zero-order valence-corrected chi connectivity index (χ0v) is 19.5. The summed E-state index contributed by atoms with van der Waals surface area (Å²) in [6, 6.07) is 3.84. The number of piperazine rings is 1. The predicted octanol–water partition coefficient (Wildman–Crippen LogP) is 4.00. The number of benzene rings is 1. The van der Waals surface area contributed by atoms with Crippen molar-refractivity contribution in [1.82, 2.24) is 34.8 Å². The second-order valence-corrected chi connectivity index (χ2v) is 8.83. The number of rotatable bonds is 6. The average Bonchev–Trinajstić information content (AvgIpc) is 3.41. The number of hydrogen-bond acceptors (Lipinski definition) is 7. The average molecular weight is 474 g/mol. The van der Waals surface area contributed by atoms with Crippen molar-refractivity contribution in [2.75, 3.05) is 36.4 Å². The van der Waals surface area contributed by atoms with Gasteiger partial charge in [0.05, 0.1) is 34.0 Å². The summed E-state index contributed by atoms with van der Waals surface area (Å²) in [6.07, 6.45) is 2.84. The molecule has 0 saturated carbocycles. The topological polar surface area (TPSA) is 99.6 Å². The molecule has 1 saturated heterocycles. The Morgan fingerprint density at radius 3 is 2.69 bits per heavy atom. The van der Waals surface area contributed by atoms with Crippen molar-refractivity contribution in [2.24, 2.45) is 0 Å². The maximum absolute atomic E-state index is 6.13. The molecule has 1 aliphatic heterocycles. The van der Waals surface area contributed by atoms with Gasteiger partial charge in [-0.1, -0.05) is 30.1 Å². The zero-order valence-electron chi connectivity index (χ0n) is 18.0. The molecule has 1 aromatic carbocycles. The van der Waals surface area contributed by atoms with Gasteiger partial charge in [0, 0.05) is 32.2 Å². The number of halogens is 2. The lowest BCUT2D eigenvalue weighted by Crippen LogP contribution is -2.44. The fraction of sp³-hybridized carbons (Fsp3) is 0.429. The van der Waals surface area contributed by atoms with Crippen LogP contribution in [-0.2, 0) is 6.54 Å². The minimum absolute atomic E-state index is 0.295. The Bertz CT molecular complexity index is 1220. The van der Waals surface area contributed by atoms with Gasteiger partial charge < -0.3 is 25.1 Å². The molecule has 0 bridgehead atoms. The van der Waals surface area contributed by atoms with Crippen LogP contribution in [-0.4, -0.2) is 55.7 Å². The molecule has 0 spiro atoms. The first kappa shape index (κ1) is 21.2. The lowest BCUT2D eigenvalue weighted by Gasteiger charge is -2.27. The van der Waals surface area contributed by atoms with Gasteiger partial charge >= 0.3 is 0 Å². The van der Waals surface area contributed by atoms with Gasteiger partial charge in [0.1, 0.15) is 5.82 Å². The highest BCUT2D eigenvalue weighted by Crippen LogP contribution is 2.28.